The molecule has 1 fully saturated rings. The van der Waals surface area contributed by atoms with Gasteiger partial charge in [-0.15, -0.1) is 0 Å². The van der Waals surface area contributed by atoms with E-state index in [9.17, 15) is 9.59 Å². The zero-order valence-electron chi connectivity index (χ0n) is 16.9. The summed E-state index contributed by atoms with van der Waals surface area (Å²) in [5, 5.41) is 9.01. The lowest BCUT2D eigenvalue weighted by Crippen LogP contribution is -2.25. The minimum Gasteiger partial charge on any atom is -0.480 e. The van der Waals surface area contributed by atoms with E-state index < -0.39 is 10.0 Å². The Labute approximate surface area is 175 Å². The van der Waals surface area contributed by atoms with Crippen LogP contribution in [0.25, 0.3) is 0 Å². The molecule has 1 aliphatic rings. The number of aliphatic carboxylic acids is 1. The van der Waals surface area contributed by atoms with Crippen molar-refractivity contribution < 1.29 is 19.4 Å². The molecule has 1 aliphatic carbocycles. The number of carboxylic acids is 1. The number of allylic oxidation sites excluding steroid dienone is 1. The predicted molar refractivity (Wildman–Crippen MR) is 117 cm³/mol. The topological polar surface area (TPSA) is 63.6 Å². The van der Waals surface area contributed by atoms with E-state index in [4.69, 9.17) is 9.84 Å². The molecule has 1 rings (SSSR count). The number of carboxylic acid groups (broad SMARTS) is 1. The van der Waals surface area contributed by atoms with Crippen molar-refractivity contribution in [3.05, 3.63) is 12.2 Å². The Balaban J connectivity index is 2.39. The van der Waals surface area contributed by atoms with Gasteiger partial charge in [0.2, 0.25) is 0 Å². The van der Waals surface area contributed by atoms with Crippen LogP contribution < -0.4 is 0 Å². The maximum atomic E-state index is 12.2. The first-order valence-corrected chi connectivity index (χ1v) is 11.0. The van der Waals surface area contributed by atoms with Gasteiger partial charge in [-0.2, -0.15) is 25.3 Å². The van der Waals surface area contributed by atoms with Gasteiger partial charge < -0.3 is 9.84 Å². The van der Waals surface area contributed by atoms with Crippen LogP contribution in [0.4, 0.5) is 0 Å². The summed E-state index contributed by atoms with van der Waals surface area (Å²) in [7, 11) is 0. The molecular formula is C21H36O4S2. The fourth-order valence-electron chi connectivity index (χ4n) is 3.52. The van der Waals surface area contributed by atoms with Crippen LogP contribution in [0.2, 0.25) is 0 Å². The number of Topliss-reactive ketones (excluding diaryl/α,β-unsaturated/α-hetero) is 1. The summed E-state index contributed by atoms with van der Waals surface area (Å²) in [4.78, 5) is 23.2. The van der Waals surface area contributed by atoms with E-state index in [0.29, 0.717) is 24.5 Å². The molecule has 0 saturated heterocycles. The number of ketones is 1. The highest BCUT2D eigenvalue weighted by molar-refractivity contribution is 8.01. The molecule has 6 heteroatoms. The van der Waals surface area contributed by atoms with Crippen LogP contribution in [0.5, 0.6) is 0 Å². The normalized spacial score (nSPS) is 21.3. The van der Waals surface area contributed by atoms with E-state index in [1.54, 1.807) is 0 Å². The third-order valence-corrected chi connectivity index (χ3v) is 6.06. The van der Waals surface area contributed by atoms with Crippen LogP contribution in [0.3, 0.4) is 0 Å². The van der Waals surface area contributed by atoms with E-state index in [1.807, 2.05) is 0 Å². The number of thiol groups is 2. The monoisotopic (exact) mass is 416 g/mol. The molecule has 4 nitrogen and oxygen atoms in total. The van der Waals surface area contributed by atoms with Crippen molar-refractivity contribution >= 4 is 37.0 Å². The molecule has 2 atom stereocenters. The summed E-state index contributed by atoms with van der Waals surface area (Å²) >= 11 is 8.15. The molecule has 1 saturated carbocycles. The fraction of sp³-hybridized carbons (Fsp3) is 0.810. The average Bonchev–Trinajstić information content (AvgIpc) is 2.92. The van der Waals surface area contributed by atoms with Crippen LogP contribution in [-0.2, 0) is 14.3 Å². The van der Waals surface area contributed by atoms with Gasteiger partial charge in [0.15, 0.2) is 4.08 Å². The van der Waals surface area contributed by atoms with Gasteiger partial charge in [-0.05, 0) is 51.9 Å². The van der Waals surface area contributed by atoms with Gasteiger partial charge in [-0.1, -0.05) is 38.3 Å². The average molecular weight is 417 g/mol. The van der Waals surface area contributed by atoms with Crippen molar-refractivity contribution in [3.8, 4) is 0 Å². The van der Waals surface area contributed by atoms with Gasteiger partial charge in [-0.3, -0.25) is 4.79 Å². The molecule has 27 heavy (non-hydrogen) atoms. The highest BCUT2D eigenvalue weighted by atomic mass is 32.2. The van der Waals surface area contributed by atoms with Crippen LogP contribution in [0.15, 0.2) is 12.2 Å². The molecule has 0 aromatic carbocycles. The smallest absolute Gasteiger partial charge is 0.329 e. The number of hydrogen-bond acceptors (Lipinski definition) is 5. The largest absolute Gasteiger partial charge is 0.480 e. The summed E-state index contributed by atoms with van der Waals surface area (Å²) in [5.74, 6) is -0.199. The lowest BCUT2D eigenvalue weighted by molar-refractivity contribution is -0.137. The van der Waals surface area contributed by atoms with Gasteiger partial charge >= 0.3 is 5.97 Å². The molecule has 0 amide bonds. The fourth-order valence-corrected chi connectivity index (χ4v) is 3.84. The molecule has 0 aromatic heterocycles. The zero-order chi connectivity index (χ0) is 20.5. The second kappa shape index (κ2) is 11.5. The zero-order valence-corrected chi connectivity index (χ0v) is 18.7. The Hall–Kier alpha value is -0.460. The van der Waals surface area contributed by atoms with Gasteiger partial charge in [0.05, 0.1) is 5.60 Å². The summed E-state index contributed by atoms with van der Waals surface area (Å²) in [6.45, 7) is 7.08. The Morgan fingerprint density at radius 1 is 1.30 bits per heavy atom. The van der Waals surface area contributed by atoms with E-state index >= 15 is 0 Å². The molecule has 1 N–H and O–H groups in total. The van der Waals surface area contributed by atoms with Crippen molar-refractivity contribution in [2.45, 2.75) is 88.2 Å². The maximum Gasteiger partial charge on any atom is 0.329 e. The molecular weight excluding hydrogens is 380 g/mol. The van der Waals surface area contributed by atoms with Gasteiger partial charge in [0.25, 0.3) is 0 Å². The molecule has 0 heterocycles. The number of carbonyl (C=O) groups excluding carboxylic acids is 1. The summed E-state index contributed by atoms with van der Waals surface area (Å²) in [6.07, 6.45) is 11.7. The summed E-state index contributed by atoms with van der Waals surface area (Å²) < 4.78 is 4.59. The Bertz CT molecular complexity index is 514. The molecule has 0 bridgehead atoms. The van der Waals surface area contributed by atoms with Crippen LogP contribution in [-0.4, -0.2) is 33.1 Å². The van der Waals surface area contributed by atoms with E-state index in [1.165, 1.54) is 0 Å². The molecule has 0 spiro atoms. The standard InChI is InChI=1S/C21H36O4S2/c1-4-15-25-20(2,3)13-8-9-16-11-12-18(22)17(16)10-6-5-7-14-21(26,27)19(23)24/h8-9,16-17,26-27H,4-7,10-15H2,1-3H3,(H,23,24)/t16-,17+/m0/s1. The van der Waals surface area contributed by atoms with Crippen LogP contribution >= 0.6 is 25.3 Å². The summed E-state index contributed by atoms with van der Waals surface area (Å²) in [6, 6.07) is 0. The molecule has 0 unspecified atom stereocenters. The second-order valence-electron chi connectivity index (χ2n) is 8.24. The van der Waals surface area contributed by atoms with E-state index in [-0.39, 0.29) is 11.5 Å². The Morgan fingerprint density at radius 3 is 2.63 bits per heavy atom. The molecule has 0 radical (unpaired) electrons. The molecule has 156 valence electrons. The SMILES string of the molecule is CCCOC(C)(C)CC=C[C@H]1CCC(=O)[C@@H]1CCCCCC(S)(S)C(=O)O. The third kappa shape index (κ3) is 9.05. The highest BCUT2D eigenvalue weighted by Gasteiger charge is 2.33. The Morgan fingerprint density at radius 2 is 2.00 bits per heavy atom. The first-order chi connectivity index (χ1) is 12.6. The summed E-state index contributed by atoms with van der Waals surface area (Å²) in [5.41, 5.74) is -0.166. The van der Waals surface area contributed by atoms with Gasteiger partial charge in [0, 0.05) is 18.9 Å². The van der Waals surface area contributed by atoms with Crippen molar-refractivity contribution in [1.82, 2.24) is 0 Å². The van der Waals surface area contributed by atoms with Crippen molar-refractivity contribution in [1.29, 1.82) is 0 Å². The van der Waals surface area contributed by atoms with Crippen molar-refractivity contribution in [3.63, 3.8) is 0 Å². The quantitative estimate of drug-likeness (QED) is 0.164. The third-order valence-electron chi connectivity index (χ3n) is 5.23. The van der Waals surface area contributed by atoms with Crippen LogP contribution in [0.1, 0.15) is 78.6 Å². The molecule has 0 aromatic rings. The lowest BCUT2D eigenvalue weighted by atomic mass is 9.89. The first-order valence-electron chi connectivity index (χ1n) is 10.1. The minimum atomic E-state index is -1.26. The second-order valence-corrected chi connectivity index (χ2v) is 10.1. The first kappa shape index (κ1) is 24.6. The van der Waals surface area contributed by atoms with E-state index in [0.717, 1.165) is 51.6 Å². The number of ether oxygens (including phenoxy) is 1. The van der Waals surface area contributed by atoms with Crippen molar-refractivity contribution in [2.75, 3.05) is 6.61 Å². The number of hydrogen-bond donors (Lipinski definition) is 3. The number of unbranched alkanes of at least 4 members (excludes halogenated alkanes) is 2. The van der Waals surface area contributed by atoms with E-state index in [2.05, 4.69) is 58.2 Å². The highest BCUT2D eigenvalue weighted by Crippen LogP contribution is 2.35. The minimum absolute atomic E-state index is 0.108. The number of carbonyl (C=O) groups is 2. The van der Waals surface area contributed by atoms with Gasteiger partial charge in [0.1, 0.15) is 5.78 Å². The van der Waals surface area contributed by atoms with Crippen molar-refractivity contribution in [2.24, 2.45) is 11.8 Å². The maximum absolute atomic E-state index is 12.2. The number of rotatable bonds is 13. The Kier molecular flexibility index (Phi) is 10.5. The van der Waals surface area contributed by atoms with Crippen LogP contribution in [0, 0.1) is 11.8 Å². The van der Waals surface area contributed by atoms with Gasteiger partial charge in [-0.25, -0.2) is 4.79 Å². The molecule has 0 aliphatic heterocycles. The lowest BCUT2D eigenvalue weighted by Gasteiger charge is -2.24. The predicted octanol–water partition coefficient (Wildman–Crippen LogP) is 5.32.